The number of carbonyl (C=O) groups is 1. The van der Waals surface area contributed by atoms with Crippen LogP contribution in [0.1, 0.15) is 41.2 Å². The Kier molecular flexibility index (Phi) is 5.45. The zero-order valence-corrected chi connectivity index (χ0v) is 17.6. The Bertz CT molecular complexity index is 1220. The van der Waals surface area contributed by atoms with Crippen molar-refractivity contribution in [3.8, 4) is 11.5 Å². The zero-order chi connectivity index (χ0) is 21.3. The van der Waals surface area contributed by atoms with E-state index in [-0.39, 0.29) is 18.3 Å². The summed E-state index contributed by atoms with van der Waals surface area (Å²) in [6.07, 6.45) is 0.751. The normalized spacial score (nSPS) is 11.2. The summed E-state index contributed by atoms with van der Waals surface area (Å²) in [5.41, 5.74) is 2.31. The molecule has 0 spiro atoms. The molecule has 0 atom stereocenters. The fourth-order valence-electron chi connectivity index (χ4n) is 3.14. The molecule has 0 N–H and O–H groups in total. The third-order valence-corrected chi connectivity index (χ3v) is 4.82. The molecule has 0 aliphatic rings. The first-order chi connectivity index (χ1) is 14.5. The molecule has 1 amide bonds. The lowest BCUT2D eigenvalue weighted by atomic mass is 10.2. The number of amides is 1. The van der Waals surface area contributed by atoms with Crippen LogP contribution < -0.4 is 0 Å². The average Bonchev–Trinajstić information content (AvgIpc) is 3.35. The minimum atomic E-state index is -0.322. The van der Waals surface area contributed by atoms with Gasteiger partial charge in [0, 0.05) is 17.9 Å². The monoisotopic (exact) mass is 425 g/mol. The Morgan fingerprint density at radius 1 is 1.20 bits per heavy atom. The van der Waals surface area contributed by atoms with E-state index < -0.39 is 0 Å². The van der Waals surface area contributed by atoms with Crippen LogP contribution in [0.4, 0.5) is 0 Å². The van der Waals surface area contributed by atoms with E-state index in [2.05, 4.69) is 25.3 Å². The lowest BCUT2D eigenvalue weighted by molar-refractivity contribution is 0.0716. The van der Waals surface area contributed by atoms with Crippen LogP contribution in [0.5, 0.6) is 0 Å². The summed E-state index contributed by atoms with van der Waals surface area (Å²) in [6.45, 7) is 6.38. The summed E-state index contributed by atoms with van der Waals surface area (Å²) in [6, 6.07) is 9.09. The number of fused-ring (bicyclic) bond motifs is 1. The molecule has 0 aliphatic heterocycles. The second-order valence-corrected chi connectivity index (χ2v) is 7.30. The fourth-order valence-corrected chi connectivity index (χ4v) is 3.36. The highest BCUT2D eigenvalue weighted by atomic mass is 35.5. The zero-order valence-electron chi connectivity index (χ0n) is 16.8. The van der Waals surface area contributed by atoms with Gasteiger partial charge in [0.1, 0.15) is 0 Å². The molecular formula is C20H20ClN7O2. The van der Waals surface area contributed by atoms with E-state index >= 15 is 0 Å². The van der Waals surface area contributed by atoms with Gasteiger partial charge < -0.3 is 9.32 Å². The van der Waals surface area contributed by atoms with Crippen molar-refractivity contribution in [3.63, 3.8) is 0 Å². The Hall–Kier alpha value is -3.33. The number of carbonyl (C=O) groups excluding carboxylic acids is 1. The molecule has 9 nitrogen and oxygen atoms in total. The first-order valence-electron chi connectivity index (χ1n) is 9.54. The largest absolute Gasteiger partial charge is 0.419 e. The van der Waals surface area contributed by atoms with E-state index in [0.29, 0.717) is 34.7 Å². The van der Waals surface area contributed by atoms with Crippen LogP contribution in [-0.2, 0) is 6.54 Å². The summed E-state index contributed by atoms with van der Waals surface area (Å²) >= 11 is 6.20. The summed E-state index contributed by atoms with van der Waals surface area (Å²) in [5.74, 6) is 0.764. The molecule has 1 aromatic carbocycles. The highest BCUT2D eigenvalue weighted by Crippen LogP contribution is 2.26. The molecule has 154 valence electrons. The molecule has 3 aromatic heterocycles. The van der Waals surface area contributed by atoms with E-state index in [1.165, 1.54) is 0 Å². The third-order valence-electron chi connectivity index (χ3n) is 4.49. The van der Waals surface area contributed by atoms with Crippen molar-refractivity contribution in [3.05, 3.63) is 58.5 Å². The lowest BCUT2D eigenvalue weighted by Gasteiger charge is -2.18. The van der Waals surface area contributed by atoms with Gasteiger partial charge in [0.2, 0.25) is 17.6 Å². The van der Waals surface area contributed by atoms with Gasteiger partial charge in [-0.2, -0.15) is 4.98 Å². The van der Waals surface area contributed by atoms with E-state index in [4.69, 9.17) is 16.0 Å². The first-order valence-corrected chi connectivity index (χ1v) is 9.91. The quantitative estimate of drug-likeness (QED) is 0.465. The Balaban J connectivity index is 1.59. The van der Waals surface area contributed by atoms with Crippen LogP contribution in [0.3, 0.4) is 0 Å². The van der Waals surface area contributed by atoms with Gasteiger partial charge in [-0.3, -0.25) is 4.79 Å². The third kappa shape index (κ3) is 3.88. The molecule has 0 radical (unpaired) electrons. The number of aromatic nitrogens is 6. The summed E-state index contributed by atoms with van der Waals surface area (Å²) < 4.78 is 7.31. The highest BCUT2D eigenvalue weighted by Gasteiger charge is 2.23. The van der Waals surface area contributed by atoms with Crippen LogP contribution in [0, 0.1) is 13.8 Å². The van der Waals surface area contributed by atoms with E-state index in [9.17, 15) is 4.79 Å². The van der Waals surface area contributed by atoms with Crippen molar-refractivity contribution in [2.45, 2.75) is 33.7 Å². The Morgan fingerprint density at radius 2 is 2.00 bits per heavy atom. The standard InChI is InChI=1S/C20H20ClN7O2/c1-4-9-27(11-16-24-25-18(30-16)14-7-5-6-8-15(14)21)19(29)17-23-20-22-12(2)10-13(3)28(20)26-17/h5-8,10H,4,9,11H2,1-3H3. The molecule has 3 heterocycles. The van der Waals surface area contributed by atoms with Crippen molar-refractivity contribution >= 4 is 23.3 Å². The van der Waals surface area contributed by atoms with E-state index in [0.717, 1.165) is 17.8 Å². The topological polar surface area (TPSA) is 102 Å². The number of nitrogens with zero attached hydrogens (tertiary/aromatic N) is 7. The molecule has 0 saturated carbocycles. The average molecular weight is 426 g/mol. The van der Waals surface area contributed by atoms with Gasteiger partial charge in [0.05, 0.1) is 17.1 Å². The van der Waals surface area contributed by atoms with Gasteiger partial charge >= 0.3 is 0 Å². The lowest BCUT2D eigenvalue weighted by Crippen LogP contribution is -2.32. The van der Waals surface area contributed by atoms with Crippen molar-refractivity contribution in [1.82, 2.24) is 34.7 Å². The predicted molar refractivity (Wildman–Crippen MR) is 110 cm³/mol. The highest BCUT2D eigenvalue weighted by molar-refractivity contribution is 6.33. The molecule has 30 heavy (non-hydrogen) atoms. The van der Waals surface area contributed by atoms with E-state index in [1.54, 1.807) is 21.5 Å². The molecule has 0 unspecified atom stereocenters. The molecular weight excluding hydrogens is 406 g/mol. The second-order valence-electron chi connectivity index (χ2n) is 6.89. The number of benzene rings is 1. The smallest absolute Gasteiger partial charge is 0.294 e. The molecule has 0 bridgehead atoms. The van der Waals surface area contributed by atoms with Gasteiger partial charge in [-0.25, -0.2) is 9.50 Å². The summed E-state index contributed by atoms with van der Waals surface area (Å²) in [7, 11) is 0. The van der Waals surface area contributed by atoms with Crippen molar-refractivity contribution in [2.24, 2.45) is 0 Å². The molecule has 0 fully saturated rings. The number of halogens is 1. The van der Waals surface area contributed by atoms with Crippen molar-refractivity contribution < 1.29 is 9.21 Å². The van der Waals surface area contributed by atoms with E-state index in [1.807, 2.05) is 39.0 Å². The van der Waals surface area contributed by atoms with Crippen LogP contribution in [0.15, 0.2) is 34.7 Å². The van der Waals surface area contributed by atoms with Gasteiger partial charge in [-0.15, -0.1) is 15.3 Å². The van der Waals surface area contributed by atoms with Crippen LogP contribution >= 0.6 is 11.6 Å². The number of rotatable bonds is 6. The molecule has 0 saturated heterocycles. The maximum atomic E-state index is 13.1. The number of hydrogen-bond acceptors (Lipinski definition) is 7. The molecule has 4 rings (SSSR count). The Labute approximate surface area is 177 Å². The molecule has 4 aromatic rings. The Morgan fingerprint density at radius 3 is 2.77 bits per heavy atom. The second kappa shape index (κ2) is 8.19. The maximum absolute atomic E-state index is 13.1. The number of hydrogen-bond donors (Lipinski definition) is 0. The van der Waals surface area contributed by atoms with Crippen molar-refractivity contribution in [2.75, 3.05) is 6.54 Å². The SMILES string of the molecule is CCCN(Cc1nnc(-c2ccccc2Cl)o1)C(=O)c1nc2nc(C)cc(C)n2n1. The molecule has 0 aliphatic carbocycles. The summed E-state index contributed by atoms with van der Waals surface area (Å²) in [4.78, 5) is 23.3. The van der Waals surface area contributed by atoms with Gasteiger partial charge in [-0.05, 0) is 38.5 Å². The van der Waals surface area contributed by atoms with Gasteiger partial charge in [0.25, 0.3) is 11.7 Å². The fraction of sp³-hybridized carbons (Fsp3) is 0.300. The number of aryl methyl sites for hydroxylation is 2. The minimum absolute atomic E-state index is 0.0792. The van der Waals surface area contributed by atoms with Gasteiger partial charge in [0.15, 0.2) is 0 Å². The van der Waals surface area contributed by atoms with Crippen LogP contribution in [0.2, 0.25) is 5.02 Å². The van der Waals surface area contributed by atoms with Crippen molar-refractivity contribution in [1.29, 1.82) is 0 Å². The predicted octanol–water partition coefficient (Wildman–Crippen LogP) is 3.50. The molecule has 10 heteroatoms. The van der Waals surface area contributed by atoms with Crippen LogP contribution in [0.25, 0.3) is 17.2 Å². The minimum Gasteiger partial charge on any atom is -0.419 e. The maximum Gasteiger partial charge on any atom is 0.294 e. The van der Waals surface area contributed by atoms with Gasteiger partial charge in [-0.1, -0.05) is 30.7 Å². The summed E-state index contributed by atoms with van der Waals surface area (Å²) in [5, 5.41) is 13.0. The van der Waals surface area contributed by atoms with Crippen LogP contribution in [-0.4, -0.2) is 47.1 Å². The first kappa shape index (κ1) is 20.0.